The van der Waals surface area contributed by atoms with Crippen LogP contribution in [0.5, 0.6) is 0 Å². The first-order valence-electron chi connectivity index (χ1n) is 10.3. The van der Waals surface area contributed by atoms with Gasteiger partial charge in [0, 0.05) is 42.2 Å². The summed E-state index contributed by atoms with van der Waals surface area (Å²) in [6.45, 7) is -0.281. The van der Waals surface area contributed by atoms with Gasteiger partial charge < -0.3 is 9.64 Å². The molecule has 7 nitrogen and oxygen atoms in total. The molecule has 0 saturated heterocycles. The average Bonchev–Trinajstić information content (AvgIpc) is 2.83. The van der Waals surface area contributed by atoms with Gasteiger partial charge in [-0.05, 0) is 36.1 Å². The average molecular weight is 430 g/mol. The number of ether oxygens (including phenoxy) is 1. The van der Waals surface area contributed by atoms with Gasteiger partial charge in [-0.3, -0.25) is 24.1 Å². The molecule has 0 aromatic heterocycles. The van der Waals surface area contributed by atoms with Gasteiger partial charge >= 0.3 is 5.97 Å². The maximum Gasteiger partial charge on any atom is 0.306 e. The third-order valence-electron chi connectivity index (χ3n) is 5.49. The van der Waals surface area contributed by atoms with Crippen LogP contribution in [0.2, 0.25) is 0 Å². The van der Waals surface area contributed by atoms with Crippen molar-refractivity contribution in [3.8, 4) is 0 Å². The van der Waals surface area contributed by atoms with E-state index in [1.807, 2.05) is 30.3 Å². The van der Waals surface area contributed by atoms with Crippen molar-refractivity contribution >= 4 is 40.2 Å². The summed E-state index contributed by atoms with van der Waals surface area (Å²) >= 11 is 0. The summed E-state index contributed by atoms with van der Waals surface area (Å²) < 4.78 is 5.07. The zero-order chi connectivity index (χ0) is 22.7. The Hall–Kier alpha value is -4.00. The van der Waals surface area contributed by atoms with Crippen LogP contribution in [0.15, 0.2) is 66.7 Å². The number of benzene rings is 3. The van der Waals surface area contributed by atoms with Gasteiger partial charge in [0.2, 0.25) is 0 Å². The molecule has 1 aliphatic rings. The minimum absolute atomic E-state index is 0.00869. The van der Waals surface area contributed by atoms with Gasteiger partial charge in [0.1, 0.15) is 0 Å². The fourth-order valence-electron chi connectivity index (χ4n) is 3.77. The van der Waals surface area contributed by atoms with Crippen molar-refractivity contribution < 1.29 is 23.9 Å². The third-order valence-corrected chi connectivity index (χ3v) is 5.49. The monoisotopic (exact) mass is 430 g/mol. The van der Waals surface area contributed by atoms with Gasteiger partial charge in [0.05, 0.1) is 0 Å². The zero-order valence-electron chi connectivity index (χ0n) is 17.6. The molecule has 0 spiro atoms. The first kappa shape index (κ1) is 21.2. The van der Waals surface area contributed by atoms with Crippen LogP contribution < -0.4 is 4.90 Å². The molecule has 0 radical (unpaired) electrons. The Labute approximate surface area is 185 Å². The summed E-state index contributed by atoms with van der Waals surface area (Å²) in [4.78, 5) is 52.6. The quantitative estimate of drug-likeness (QED) is 0.424. The zero-order valence-corrected chi connectivity index (χ0v) is 17.6. The van der Waals surface area contributed by atoms with E-state index in [1.54, 1.807) is 43.4 Å². The number of imide groups is 1. The van der Waals surface area contributed by atoms with Gasteiger partial charge in [-0.15, -0.1) is 0 Å². The van der Waals surface area contributed by atoms with Crippen molar-refractivity contribution in [2.75, 3.05) is 25.1 Å². The summed E-state index contributed by atoms with van der Waals surface area (Å²) in [5.41, 5.74) is 1.66. The first-order valence-corrected chi connectivity index (χ1v) is 10.3. The number of nitrogens with zero attached hydrogens (tertiary/aromatic N) is 2. The molecule has 1 aliphatic heterocycles. The van der Waals surface area contributed by atoms with E-state index < -0.39 is 5.97 Å². The Morgan fingerprint density at radius 2 is 1.50 bits per heavy atom. The molecule has 32 heavy (non-hydrogen) atoms. The number of likely N-dealkylation sites (N-methyl/N-ethyl adjacent to an activating group) is 1. The SMILES string of the molecule is CN(C(=O)COC(=O)CCCN1C(=O)c2cccc3cccc(c23)C1=O)c1ccccc1. The molecule has 3 aromatic rings. The second-order valence-electron chi connectivity index (χ2n) is 7.52. The second kappa shape index (κ2) is 9.01. The highest BCUT2D eigenvalue weighted by atomic mass is 16.5. The van der Waals surface area contributed by atoms with Crippen LogP contribution in [0.25, 0.3) is 10.8 Å². The van der Waals surface area contributed by atoms with E-state index in [1.165, 1.54) is 9.80 Å². The molecule has 0 atom stereocenters. The summed E-state index contributed by atoms with van der Waals surface area (Å²) in [5.74, 6) is -1.64. The van der Waals surface area contributed by atoms with E-state index in [0.29, 0.717) is 22.2 Å². The number of esters is 1. The van der Waals surface area contributed by atoms with Crippen LogP contribution in [0, 0.1) is 0 Å². The van der Waals surface area contributed by atoms with Crippen LogP contribution in [-0.2, 0) is 14.3 Å². The highest BCUT2D eigenvalue weighted by Crippen LogP contribution is 2.30. The lowest BCUT2D eigenvalue weighted by atomic mass is 9.94. The molecule has 0 bridgehead atoms. The Morgan fingerprint density at radius 1 is 0.875 bits per heavy atom. The van der Waals surface area contributed by atoms with Crippen molar-refractivity contribution in [2.24, 2.45) is 0 Å². The van der Waals surface area contributed by atoms with Crippen LogP contribution in [0.1, 0.15) is 33.6 Å². The van der Waals surface area contributed by atoms with E-state index in [0.717, 1.165) is 5.39 Å². The number of para-hydroxylation sites is 1. The molecule has 0 fully saturated rings. The van der Waals surface area contributed by atoms with E-state index in [-0.39, 0.29) is 43.7 Å². The van der Waals surface area contributed by atoms with Crippen molar-refractivity contribution in [3.05, 3.63) is 77.9 Å². The van der Waals surface area contributed by atoms with Gasteiger partial charge in [-0.25, -0.2) is 0 Å². The number of carbonyl (C=O) groups is 4. The highest BCUT2D eigenvalue weighted by molar-refractivity contribution is 6.25. The third kappa shape index (κ3) is 4.09. The Balaban J connectivity index is 1.31. The lowest BCUT2D eigenvalue weighted by Crippen LogP contribution is -2.41. The van der Waals surface area contributed by atoms with Crippen molar-refractivity contribution in [2.45, 2.75) is 12.8 Å². The molecular formula is C25H22N2O5. The summed E-state index contributed by atoms with van der Waals surface area (Å²) in [5, 5.41) is 1.51. The maximum absolute atomic E-state index is 12.9. The smallest absolute Gasteiger partial charge is 0.306 e. The molecule has 7 heteroatoms. The van der Waals surface area contributed by atoms with Gasteiger partial charge in [0.25, 0.3) is 17.7 Å². The van der Waals surface area contributed by atoms with Gasteiger partial charge in [-0.2, -0.15) is 0 Å². The predicted octanol–water partition coefficient (Wildman–Crippen LogP) is 3.42. The van der Waals surface area contributed by atoms with Crippen molar-refractivity contribution in [3.63, 3.8) is 0 Å². The molecule has 0 N–H and O–H groups in total. The molecular weight excluding hydrogens is 408 g/mol. The summed E-state index contributed by atoms with van der Waals surface area (Å²) in [6.07, 6.45) is 0.239. The van der Waals surface area contributed by atoms with Gasteiger partial charge in [0.15, 0.2) is 6.61 Å². The summed E-state index contributed by atoms with van der Waals surface area (Å²) in [7, 11) is 1.61. The number of hydrogen-bond donors (Lipinski definition) is 0. The number of amides is 3. The van der Waals surface area contributed by atoms with Crippen LogP contribution in [0.3, 0.4) is 0 Å². The molecule has 0 unspecified atom stereocenters. The van der Waals surface area contributed by atoms with Crippen molar-refractivity contribution in [1.29, 1.82) is 0 Å². The Morgan fingerprint density at radius 3 is 2.12 bits per heavy atom. The van der Waals surface area contributed by atoms with Gasteiger partial charge in [-0.1, -0.05) is 42.5 Å². The molecule has 162 valence electrons. The highest BCUT2D eigenvalue weighted by Gasteiger charge is 2.32. The topological polar surface area (TPSA) is 84.0 Å². The van der Waals surface area contributed by atoms with Crippen LogP contribution in [0.4, 0.5) is 5.69 Å². The minimum atomic E-state index is -0.556. The number of hydrogen-bond acceptors (Lipinski definition) is 5. The standard InChI is InChI=1S/C25H22N2O5/c1-26(18-10-3-2-4-11-18)21(28)16-32-22(29)14-7-15-27-24(30)19-12-5-8-17-9-6-13-20(23(17)19)25(27)31/h2-6,8-13H,7,14-16H2,1H3. The molecule has 1 heterocycles. The van der Waals surface area contributed by atoms with E-state index >= 15 is 0 Å². The number of carbonyl (C=O) groups excluding carboxylic acids is 4. The summed E-state index contributed by atoms with van der Waals surface area (Å²) in [6, 6.07) is 19.8. The number of rotatable bonds is 7. The Bertz CT molecular complexity index is 1150. The van der Waals surface area contributed by atoms with Crippen LogP contribution in [-0.4, -0.2) is 48.8 Å². The first-order chi connectivity index (χ1) is 15.5. The molecule has 4 rings (SSSR count). The normalized spacial score (nSPS) is 12.7. The Kier molecular flexibility index (Phi) is 5.98. The molecule has 0 saturated carbocycles. The fourth-order valence-corrected chi connectivity index (χ4v) is 3.77. The van der Waals surface area contributed by atoms with E-state index in [2.05, 4.69) is 0 Å². The van der Waals surface area contributed by atoms with E-state index in [9.17, 15) is 19.2 Å². The molecule has 3 amide bonds. The predicted molar refractivity (Wildman–Crippen MR) is 119 cm³/mol. The minimum Gasteiger partial charge on any atom is -0.456 e. The lowest BCUT2D eigenvalue weighted by Gasteiger charge is -2.27. The van der Waals surface area contributed by atoms with E-state index in [4.69, 9.17) is 4.74 Å². The second-order valence-corrected chi connectivity index (χ2v) is 7.52. The largest absolute Gasteiger partial charge is 0.456 e. The van der Waals surface area contributed by atoms with Crippen molar-refractivity contribution in [1.82, 2.24) is 4.90 Å². The van der Waals surface area contributed by atoms with Crippen LogP contribution >= 0.6 is 0 Å². The number of anilines is 1. The maximum atomic E-state index is 12.9. The lowest BCUT2D eigenvalue weighted by molar-refractivity contribution is -0.147. The fraction of sp³-hybridized carbons (Fsp3) is 0.200. The molecule has 3 aromatic carbocycles. The molecule has 0 aliphatic carbocycles.